The van der Waals surface area contributed by atoms with Crippen LogP contribution < -0.4 is 10.6 Å². The number of carbonyl (C=O) groups is 2. The summed E-state index contributed by atoms with van der Waals surface area (Å²) in [4.78, 5) is 24.2. The molecule has 0 aliphatic rings. The smallest absolute Gasteiger partial charge is 0.268 e. The Hall–Kier alpha value is -2.88. The molecule has 1 unspecified atom stereocenters. The Kier molecular flexibility index (Phi) is 7.35. The average Bonchev–Trinajstić information content (AvgIpc) is 2.61. The Labute approximate surface area is 161 Å². The lowest BCUT2D eigenvalue weighted by Crippen LogP contribution is -2.35. The normalized spacial score (nSPS) is 12.6. The van der Waals surface area contributed by atoms with Crippen LogP contribution in [-0.4, -0.2) is 11.8 Å². The molecule has 1 atom stereocenters. The van der Waals surface area contributed by atoms with Crippen LogP contribution in [0.1, 0.15) is 50.4 Å². The van der Waals surface area contributed by atoms with Gasteiger partial charge in [0.25, 0.3) is 5.91 Å². The van der Waals surface area contributed by atoms with Crippen molar-refractivity contribution >= 4 is 17.9 Å². The number of nitrogens with one attached hydrogen (secondary N) is 2. The van der Waals surface area contributed by atoms with E-state index in [9.17, 15) is 9.59 Å². The molecule has 4 nitrogen and oxygen atoms in total. The number of hydrogen-bond donors (Lipinski definition) is 2. The van der Waals surface area contributed by atoms with Crippen LogP contribution in [0.3, 0.4) is 0 Å². The molecule has 0 spiro atoms. The molecule has 0 bridgehead atoms. The first-order chi connectivity index (χ1) is 12.8. The Morgan fingerprint density at radius 2 is 1.59 bits per heavy atom. The molecule has 142 valence electrons. The fourth-order valence-electron chi connectivity index (χ4n) is 2.84. The minimum atomic E-state index is -0.312. The molecule has 0 saturated heterocycles. The van der Waals surface area contributed by atoms with Gasteiger partial charge in [-0.1, -0.05) is 68.4 Å². The van der Waals surface area contributed by atoms with Gasteiger partial charge < -0.3 is 10.6 Å². The van der Waals surface area contributed by atoms with Gasteiger partial charge in [0.2, 0.25) is 5.91 Å². The van der Waals surface area contributed by atoms with Crippen LogP contribution in [0.15, 0.2) is 60.3 Å². The molecule has 2 amide bonds. The highest BCUT2D eigenvalue weighted by Gasteiger charge is 2.15. The Morgan fingerprint density at radius 3 is 2.15 bits per heavy atom. The second-order valence-corrected chi connectivity index (χ2v) is 7.18. The van der Waals surface area contributed by atoms with E-state index in [1.807, 2.05) is 49.4 Å². The van der Waals surface area contributed by atoms with Gasteiger partial charge in [-0.3, -0.25) is 9.59 Å². The Morgan fingerprint density at radius 1 is 0.963 bits per heavy atom. The molecule has 0 aliphatic heterocycles. The van der Waals surface area contributed by atoms with Crippen molar-refractivity contribution in [3.8, 4) is 0 Å². The maximum atomic E-state index is 12.7. The predicted molar refractivity (Wildman–Crippen MR) is 110 cm³/mol. The van der Waals surface area contributed by atoms with E-state index in [2.05, 4.69) is 36.6 Å². The highest BCUT2D eigenvalue weighted by molar-refractivity contribution is 6.01. The summed E-state index contributed by atoms with van der Waals surface area (Å²) in [6.07, 6.45) is 2.71. The summed E-state index contributed by atoms with van der Waals surface area (Å²) in [7, 11) is 0. The molecule has 0 radical (unpaired) electrons. The fourth-order valence-corrected chi connectivity index (χ4v) is 2.84. The lowest BCUT2D eigenvalue weighted by molar-refractivity contribution is -0.122. The number of benzene rings is 2. The van der Waals surface area contributed by atoms with Crippen LogP contribution in [0.2, 0.25) is 0 Å². The zero-order valence-corrected chi connectivity index (χ0v) is 16.5. The zero-order valence-electron chi connectivity index (χ0n) is 16.5. The Balaban J connectivity index is 2.11. The van der Waals surface area contributed by atoms with E-state index in [0.717, 1.165) is 17.5 Å². The minimum absolute atomic E-state index is 0.168. The van der Waals surface area contributed by atoms with Crippen molar-refractivity contribution < 1.29 is 9.59 Å². The second kappa shape index (κ2) is 9.72. The van der Waals surface area contributed by atoms with E-state index in [0.29, 0.717) is 5.92 Å². The fraction of sp³-hybridized carbons (Fsp3) is 0.304. The van der Waals surface area contributed by atoms with E-state index < -0.39 is 0 Å². The molecule has 0 aliphatic carbocycles. The first kappa shape index (κ1) is 20.4. The third-order valence-electron chi connectivity index (χ3n) is 4.14. The van der Waals surface area contributed by atoms with Crippen molar-refractivity contribution in [2.24, 2.45) is 5.92 Å². The van der Waals surface area contributed by atoms with Gasteiger partial charge in [0, 0.05) is 6.92 Å². The molecule has 4 heteroatoms. The van der Waals surface area contributed by atoms with Gasteiger partial charge >= 0.3 is 0 Å². The molecule has 2 rings (SSSR count). The molecule has 0 aromatic heterocycles. The lowest BCUT2D eigenvalue weighted by atomic mass is 10.00. The van der Waals surface area contributed by atoms with E-state index in [1.165, 1.54) is 12.5 Å². The third kappa shape index (κ3) is 6.74. The maximum absolute atomic E-state index is 12.7. The largest absolute Gasteiger partial charge is 0.344 e. The van der Waals surface area contributed by atoms with Crippen molar-refractivity contribution in [1.29, 1.82) is 0 Å². The summed E-state index contributed by atoms with van der Waals surface area (Å²) in [6, 6.07) is 17.6. The van der Waals surface area contributed by atoms with Crippen LogP contribution in [-0.2, 0) is 16.0 Å². The first-order valence-corrected chi connectivity index (χ1v) is 9.29. The minimum Gasteiger partial charge on any atom is -0.344 e. The molecular weight excluding hydrogens is 336 g/mol. The summed E-state index contributed by atoms with van der Waals surface area (Å²) in [5, 5.41) is 5.59. The molecule has 0 fully saturated rings. The summed E-state index contributed by atoms with van der Waals surface area (Å²) in [6.45, 7) is 7.71. The number of hydrogen-bond acceptors (Lipinski definition) is 2. The number of rotatable bonds is 7. The number of amides is 2. The van der Waals surface area contributed by atoms with Crippen molar-refractivity contribution in [3.63, 3.8) is 0 Å². The molecule has 2 aromatic carbocycles. The van der Waals surface area contributed by atoms with E-state index in [-0.39, 0.29) is 23.6 Å². The zero-order chi connectivity index (χ0) is 19.8. The van der Waals surface area contributed by atoms with Gasteiger partial charge in [-0.2, -0.15) is 0 Å². The molecule has 2 N–H and O–H groups in total. The second-order valence-electron chi connectivity index (χ2n) is 7.18. The first-order valence-electron chi connectivity index (χ1n) is 9.29. The topological polar surface area (TPSA) is 58.2 Å². The summed E-state index contributed by atoms with van der Waals surface area (Å²) >= 11 is 0. The van der Waals surface area contributed by atoms with Crippen LogP contribution >= 0.6 is 0 Å². The highest BCUT2D eigenvalue weighted by atomic mass is 16.2. The van der Waals surface area contributed by atoms with Crippen molar-refractivity contribution in [1.82, 2.24) is 10.6 Å². The predicted octanol–water partition coefficient (Wildman–Crippen LogP) is 4.24. The van der Waals surface area contributed by atoms with Gasteiger partial charge in [0.1, 0.15) is 5.70 Å². The van der Waals surface area contributed by atoms with Gasteiger partial charge in [-0.05, 0) is 42.0 Å². The van der Waals surface area contributed by atoms with Crippen LogP contribution in [0.5, 0.6) is 0 Å². The maximum Gasteiger partial charge on any atom is 0.268 e. The number of carbonyl (C=O) groups excluding carboxylic acids is 2. The Bertz CT molecular complexity index is 793. The summed E-state index contributed by atoms with van der Waals surface area (Å²) < 4.78 is 0. The molecule has 0 heterocycles. The molecular formula is C23H28N2O2. The standard InChI is InChI=1S/C23H28N2O2/c1-16(2)14-20-10-12-21(13-11-20)17(3)24-23(27)22(25-18(4)26)15-19-8-6-5-7-9-19/h5-13,15-17H,14H2,1-4H3,(H,24,27)(H,25,26)/b22-15-. The van der Waals surface area contributed by atoms with E-state index >= 15 is 0 Å². The quantitative estimate of drug-likeness (QED) is 0.722. The van der Waals surface area contributed by atoms with Gasteiger partial charge in [-0.15, -0.1) is 0 Å². The van der Waals surface area contributed by atoms with Crippen LogP contribution in [0.25, 0.3) is 6.08 Å². The van der Waals surface area contributed by atoms with Gasteiger partial charge in [0.05, 0.1) is 6.04 Å². The van der Waals surface area contributed by atoms with Crippen LogP contribution in [0.4, 0.5) is 0 Å². The summed E-state index contributed by atoms with van der Waals surface area (Å²) in [5.41, 5.74) is 3.40. The van der Waals surface area contributed by atoms with Crippen LogP contribution in [0, 0.1) is 5.92 Å². The molecule has 27 heavy (non-hydrogen) atoms. The average molecular weight is 364 g/mol. The van der Waals surface area contributed by atoms with Crippen molar-refractivity contribution in [2.75, 3.05) is 0 Å². The van der Waals surface area contributed by atoms with E-state index in [1.54, 1.807) is 6.08 Å². The van der Waals surface area contributed by atoms with Gasteiger partial charge in [0.15, 0.2) is 0 Å². The van der Waals surface area contributed by atoms with E-state index in [4.69, 9.17) is 0 Å². The summed E-state index contributed by atoms with van der Waals surface area (Å²) in [5.74, 6) is 0.0159. The molecule has 0 saturated carbocycles. The van der Waals surface area contributed by atoms with Crippen molar-refractivity contribution in [2.45, 2.75) is 40.2 Å². The monoisotopic (exact) mass is 364 g/mol. The van der Waals surface area contributed by atoms with Gasteiger partial charge in [-0.25, -0.2) is 0 Å². The molecule has 2 aromatic rings. The SMILES string of the molecule is CC(=O)N/C(=C\c1ccccc1)C(=O)NC(C)c1ccc(CC(C)C)cc1. The lowest BCUT2D eigenvalue weighted by Gasteiger charge is -2.17. The highest BCUT2D eigenvalue weighted by Crippen LogP contribution is 2.16. The van der Waals surface area contributed by atoms with Crippen molar-refractivity contribution in [3.05, 3.63) is 77.0 Å². The third-order valence-corrected chi connectivity index (χ3v) is 4.14.